The fraction of sp³-hybridized carbons (Fsp3) is 0.400. The maximum atomic E-state index is 13.1. The molecule has 86 valence electrons. The molecule has 0 aromatic heterocycles. The van der Waals surface area contributed by atoms with Crippen LogP contribution in [0.5, 0.6) is 0 Å². The van der Waals surface area contributed by atoms with E-state index in [1.54, 1.807) is 12.1 Å². The highest BCUT2D eigenvalue weighted by Crippen LogP contribution is 2.22. The van der Waals surface area contributed by atoms with Crippen molar-refractivity contribution in [2.24, 2.45) is 5.73 Å². The van der Waals surface area contributed by atoms with E-state index in [9.17, 15) is 9.50 Å². The highest BCUT2D eigenvalue weighted by Gasteiger charge is 2.15. The number of nitrogens with two attached hydrogens (primary N) is 1. The highest BCUT2D eigenvalue weighted by atomic mass is 79.9. The molecule has 0 aliphatic heterocycles. The van der Waals surface area contributed by atoms with Crippen LogP contribution in [0.1, 0.15) is 24.9 Å². The number of benzene rings is 1. The Morgan fingerprint density at radius 1 is 1.53 bits per heavy atom. The molecule has 1 rings (SSSR count). The summed E-state index contributed by atoms with van der Waals surface area (Å²) in [5.41, 5.74) is 6.35. The number of rotatable bonds is 3. The van der Waals surface area contributed by atoms with Crippen LogP contribution in [0.15, 0.2) is 22.7 Å². The van der Waals surface area contributed by atoms with Gasteiger partial charge in [-0.05, 0) is 40.0 Å². The third kappa shape index (κ3) is 3.72. The molecule has 0 radical (unpaired) electrons. The fourth-order valence-electron chi connectivity index (χ4n) is 1.20. The summed E-state index contributed by atoms with van der Waals surface area (Å²) in [5, 5.41) is 9.48. The summed E-state index contributed by atoms with van der Waals surface area (Å²) >= 11 is 3.05. The van der Waals surface area contributed by atoms with Gasteiger partial charge < -0.3 is 10.8 Å². The second-order valence-electron chi connectivity index (χ2n) is 3.17. The number of hydrogen-bond donors (Lipinski definition) is 2. The van der Waals surface area contributed by atoms with Crippen molar-refractivity contribution in [1.29, 1.82) is 0 Å². The Hall–Kier alpha value is -0.160. The molecule has 0 fully saturated rings. The standard InChI is InChI=1S/C10H13BrFNO.ClH/c1-2-9(14)10(13)6-3-4-7(11)8(12)5-6;/h3-5,9-10,14H,2,13H2,1H3;1H/t9-,10+;/m0./s1. The van der Waals surface area contributed by atoms with Crippen molar-refractivity contribution < 1.29 is 9.50 Å². The minimum atomic E-state index is -0.629. The summed E-state index contributed by atoms with van der Waals surface area (Å²) in [6, 6.07) is 4.11. The molecule has 0 aliphatic rings. The summed E-state index contributed by atoms with van der Waals surface area (Å²) in [4.78, 5) is 0. The third-order valence-corrected chi connectivity index (χ3v) is 2.80. The minimum absolute atomic E-state index is 0. The summed E-state index contributed by atoms with van der Waals surface area (Å²) in [6.07, 6.45) is -0.0747. The van der Waals surface area contributed by atoms with Gasteiger partial charge in [0.1, 0.15) is 5.82 Å². The van der Waals surface area contributed by atoms with Gasteiger partial charge in [0.15, 0.2) is 0 Å². The van der Waals surface area contributed by atoms with E-state index in [2.05, 4.69) is 15.9 Å². The Balaban J connectivity index is 0.00000196. The topological polar surface area (TPSA) is 46.2 Å². The van der Waals surface area contributed by atoms with Crippen LogP contribution in [0.4, 0.5) is 4.39 Å². The molecule has 0 saturated heterocycles. The fourth-order valence-corrected chi connectivity index (χ4v) is 1.44. The lowest BCUT2D eigenvalue weighted by Crippen LogP contribution is -2.25. The van der Waals surface area contributed by atoms with Gasteiger partial charge in [0.05, 0.1) is 16.6 Å². The van der Waals surface area contributed by atoms with Crippen molar-refractivity contribution >= 4 is 28.3 Å². The Labute approximate surface area is 103 Å². The lowest BCUT2D eigenvalue weighted by Gasteiger charge is -2.17. The Bertz CT molecular complexity index is 324. The van der Waals surface area contributed by atoms with Gasteiger partial charge in [-0.25, -0.2) is 4.39 Å². The van der Waals surface area contributed by atoms with Crippen LogP contribution in [0.25, 0.3) is 0 Å². The molecule has 0 bridgehead atoms. The number of aliphatic hydroxyl groups is 1. The van der Waals surface area contributed by atoms with Gasteiger partial charge in [0.2, 0.25) is 0 Å². The molecular formula is C10H14BrClFNO. The summed E-state index contributed by atoms with van der Waals surface area (Å²) < 4.78 is 13.5. The van der Waals surface area contributed by atoms with Crippen molar-refractivity contribution in [1.82, 2.24) is 0 Å². The van der Waals surface area contributed by atoms with Gasteiger partial charge in [-0.1, -0.05) is 13.0 Å². The average Bonchev–Trinajstić information content (AvgIpc) is 2.20. The minimum Gasteiger partial charge on any atom is -0.391 e. The molecule has 5 heteroatoms. The van der Waals surface area contributed by atoms with Gasteiger partial charge in [0, 0.05) is 0 Å². The molecular weight excluding hydrogens is 284 g/mol. The number of aliphatic hydroxyl groups excluding tert-OH is 1. The van der Waals surface area contributed by atoms with Gasteiger partial charge >= 0.3 is 0 Å². The first-order chi connectivity index (χ1) is 6.56. The van der Waals surface area contributed by atoms with Crippen molar-refractivity contribution in [3.63, 3.8) is 0 Å². The van der Waals surface area contributed by atoms with Gasteiger partial charge in [-0.15, -0.1) is 12.4 Å². The molecule has 1 aromatic carbocycles. The van der Waals surface area contributed by atoms with E-state index in [1.807, 2.05) is 6.92 Å². The van der Waals surface area contributed by atoms with Crippen LogP contribution < -0.4 is 5.73 Å². The monoisotopic (exact) mass is 297 g/mol. The van der Waals surface area contributed by atoms with Gasteiger partial charge in [-0.3, -0.25) is 0 Å². The van der Waals surface area contributed by atoms with Crippen LogP contribution in [-0.2, 0) is 0 Å². The van der Waals surface area contributed by atoms with Crippen LogP contribution >= 0.6 is 28.3 Å². The third-order valence-electron chi connectivity index (χ3n) is 2.16. The van der Waals surface area contributed by atoms with E-state index in [0.717, 1.165) is 0 Å². The normalized spacial score (nSPS) is 14.2. The Kier molecular flexibility index (Phi) is 6.36. The summed E-state index contributed by atoms with van der Waals surface area (Å²) in [5.74, 6) is -0.360. The van der Waals surface area contributed by atoms with E-state index in [1.165, 1.54) is 6.07 Å². The highest BCUT2D eigenvalue weighted by molar-refractivity contribution is 9.10. The van der Waals surface area contributed by atoms with Gasteiger partial charge in [0.25, 0.3) is 0 Å². The maximum absolute atomic E-state index is 13.1. The molecule has 2 atom stereocenters. The lowest BCUT2D eigenvalue weighted by molar-refractivity contribution is 0.140. The zero-order chi connectivity index (χ0) is 10.7. The van der Waals surface area contributed by atoms with E-state index < -0.39 is 12.1 Å². The second-order valence-corrected chi connectivity index (χ2v) is 4.03. The van der Waals surface area contributed by atoms with Crippen molar-refractivity contribution in [2.45, 2.75) is 25.5 Å². The maximum Gasteiger partial charge on any atom is 0.137 e. The Morgan fingerprint density at radius 2 is 2.13 bits per heavy atom. The first-order valence-electron chi connectivity index (χ1n) is 4.44. The predicted molar refractivity (Wildman–Crippen MR) is 64.6 cm³/mol. The summed E-state index contributed by atoms with van der Waals surface area (Å²) in [7, 11) is 0. The van der Waals surface area contributed by atoms with E-state index in [-0.39, 0.29) is 18.2 Å². The second kappa shape index (κ2) is 6.43. The summed E-state index contributed by atoms with van der Waals surface area (Å²) in [6.45, 7) is 1.83. The zero-order valence-corrected chi connectivity index (χ0v) is 10.7. The zero-order valence-electron chi connectivity index (χ0n) is 8.28. The van der Waals surface area contributed by atoms with Crippen molar-refractivity contribution in [3.8, 4) is 0 Å². The lowest BCUT2D eigenvalue weighted by atomic mass is 10.0. The van der Waals surface area contributed by atoms with Crippen LogP contribution in [0.2, 0.25) is 0 Å². The van der Waals surface area contributed by atoms with Crippen molar-refractivity contribution in [2.75, 3.05) is 0 Å². The van der Waals surface area contributed by atoms with E-state index >= 15 is 0 Å². The molecule has 0 spiro atoms. The SMILES string of the molecule is CC[C@H](O)[C@H](N)c1ccc(Br)c(F)c1.Cl. The molecule has 0 saturated carbocycles. The van der Waals surface area contributed by atoms with Crippen LogP contribution in [0.3, 0.4) is 0 Å². The average molecular weight is 299 g/mol. The molecule has 1 aromatic rings. The Morgan fingerprint density at radius 3 is 2.60 bits per heavy atom. The quantitative estimate of drug-likeness (QED) is 0.901. The first-order valence-corrected chi connectivity index (χ1v) is 5.24. The molecule has 2 nitrogen and oxygen atoms in total. The number of halogens is 3. The van der Waals surface area contributed by atoms with E-state index in [0.29, 0.717) is 16.5 Å². The van der Waals surface area contributed by atoms with E-state index in [4.69, 9.17) is 5.73 Å². The van der Waals surface area contributed by atoms with Gasteiger partial charge in [-0.2, -0.15) is 0 Å². The molecule has 15 heavy (non-hydrogen) atoms. The molecule has 0 unspecified atom stereocenters. The molecule has 0 heterocycles. The van der Waals surface area contributed by atoms with Crippen LogP contribution in [-0.4, -0.2) is 11.2 Å². The first kappa shape index (κ1) is 14.8. The predicted octanol–water partition coefficient (Wildman–Crippen LogP) is 2.78. The molecule has 3 N–H and O–H groups in total. The number of hydrogen-bond acceptors (Lipinski definition) is 2. The van der Waals surface area contributed by atoms with Crippen molar-refractivity contribution in [3.05, 3.63) is 34.1 Å². The molecule has 0 amide bonds. The van der Waals surface area contributed by atoms with Crippen LogP contribution in [0, 0.1) is 5.82 Å². The smallest absolute Gasteiger partial charge is 0.137 e. The largest absolute Gasteiger partial charge is 0.391 e. The molecule has 0 aliphatic carbocycles.